The molecule has 0 saturated carbocycles. The minimum atomic E-state index is -4.42. The molecule has 0 spiro atoms. The lowest BCUT2D eigenvalue weighted by Crippen LogP contribution is -2.37. The Kier molecular flexibility index (Phi) is 6.31. The highest BCUT2D eigenvalue weighted by Gasteiger charge is 2.31. The van der Waals surface area contributed by atoms with E-state index in [4.69, 9.17) is 4.74 Å². The Morgan fingerprint density at radius 3 is 2.26 bits per heavy atom. The minimum absolute atomic E-state index is 0.364. The van der Waals surface area contributed by atoms with Gasteiger partial charge in [-0.3, -0.25) is 5.10 Å². The van der Waals surface area contributed by atoms with Gasteiger partial charge in [0.15, 0.2) is 5.60 Å². The molecule has 0 fully saturated rings. The van der Waals surface area contributed by atoms with E-state index >= 15 is 0 Å². The molecule has 4 rings (SSSR count). The number of aromatic amines is 1. The van der Waals surface area contributed by atoms with Crippen LogP contribution in [-0.4, -0.2) is 26.9 Å². The van der Waals surface area contributed by atoms with Crippen LogP contribution in [0, 0.1) is 0 Å². The molecule has 4 aromatic rings. The summed E-state index contributed by atoms with van der Waals surface area (Å²) >= 11 is 1.44. The number of nitrogens with zero attached hydrogens (tertiary/aromatic N) is 1. The Bertz CT molecular complexity index is 1300. The van der Waals surface area contributed by atoms with Crippen LogP contribution in [0.5, 0.6) is 5.75 Å². The van der Waals surface area contributed by atoms with Gasteiger partial charge in [0.1, 0.15) is 5.75 Å². The third-order valence-corrected chi connectivity index (χ3v) is 6.55. The topological polar surface area (TPSA) is 75.2 Å². The largest absolute Gasteiger partial charge is 0.478 e. The number of ether oxygens (including phenoxy) is 1. The number of carbonyl (C=O) groups is 1. The van der Waals surface area contributed by atoms with Crippen molar-refractivity contribution in [2.24, 2.45) is 0 Å². The second kappa shape index (κ2) is 9.06. The molecule has 3 aromatic carbocycles. The number of nitrogens with one attached hydrogen (secondary N) is 1. The molecule has 5 nitrogen and oxygen atoms in total. The summed E-state index contributed by atoms with van der Waals surface area (Å²) in [6, 6.07) is 19.5. The Hall–Kier alpha value is -3.46. The van der Waals surface area contributed by atoms with E-state index in [1.165, 1.54) is 37.7 Å². The van der Waals surface area contributed by atoms with E-state index in [1.807, 2.05) is 24.3 Å². The number of fused-ring (bicyclic) bond motifs is 1. The maximum Gasteiger partial charge on any atom is 0.416 e. The zero-order valence-corrected chi connectivity index (χ0v) is 19.1. The maximum atomic E-state index is 13.1. The van der Waals surface area contributed by atoms with Crippen molar-refractivity contribution in [2.75, 3.05) is 0 Å². The van der Waals surface area contributed by atoms with E-state index in [0.717, 1.165) is 33.6 Å². The average Bonchev–Trinajstić information content (AvgIpc) is 3.22. The number of H-pyrrole nitrogens is 1. The van der Waals surface area contributed by atoms with Crippen LogP contribution in [0.4, 0.5) is 13.2 Å². The van der Waals surface area contributed by atoms with Gasteiger partial charge in [-0.1, -0.05) is 30.3 Å². The zero-order chi connectivity index (χ0) is 24.5. The van der Waals surface area contributed by atoms with Gasteiger partial charge in [-0.05, 0) is 61.9 Å². The minimum Gasteiger partial charge on any atom is -0.478 e. The normalized spacial score (nSPS) is 13.1. The SMILES string of the molecule is CC(C)(Oc1ccc(SC(c2ccc(C(F)(F)F)cc2)c2[nH]nc3ccccc23)cc1)C(=O)O. The summed E-state index contributed by atoms with van der Waals surface area (Å²) in [5.74, 6) is -0.686. The molecule has 0 aliphatic heterocycles. The third kappa shape index (κ3) is 5.04. The molecule has 0 saturated heterocycles. The lowest BCUT2D eigenvalue weighted by atomic mass is 10.0. The summed E-state index contributed by atoms with van der Waals surface area (Å²) < 4.78 is 44.8. The number of halogens is 3. The molecule has 1 atom stereocenters. The summed E-state index contributed by atoms with van der Waals surface area (Å²) in [6.07, 6.45) is -4.42. The van der Waals surface area contributed by atoms with Gasteiger partial charge in [-0.15, -0.1) is 11.8 Å². The number of carboxylic acids is 1. The monoisotopic (exact) mass is 486 g/mol. The molecule has 0 bridgehead atoms. The number of thioether (sulfide) groups is 1. The van der Waals surface area contributed by atoms with E-state index in [2.05, 4.69) is 10.2 Å². The number of benzene rings is 3. The molecule has 1 unspecified atom stereocenters. The zero-order valence-electron chi connectivity index (χ0n) is 18.3. The van der Waals surface area contributed by atoms with Crippen molar-refractivity contribution in [2.45, 2.75) is 35.8 Å². The molecule has 9 heteroatoms. The van der Waals surface area contributed by atoms with Gasteiger partial charge in [0.25, 0.3) is 0 Å². The number of aliphatic carboxylic acids is 1. The lowest BCUT2D eigenvalue weighted by molar-refractivity contribution is -0.152. The summed E-state index contributed by atoms with van der Waals surface area (Å²) in [6.45, 7) is 2.92. The maximum absolute atomic E-state index is 13.1. The van der Waals surface area contributed by atoms with Gasteiger partial charge in [-0.25, -0.2) is 4.79 Å². The van der Waals surface area contributed by atoms with E-state index in [9.17, 15) is 23.1 Å². The molecule has 1 aromatic heterocycles. The number of carboxylic acid groups (broad SMARTS) is 1. The third-order valence-electron chi connectivity index (χ3n) is 5.26. The van der Waals surface area contributed by atoms with Gasteiger partial charge in [-0.2, -0.15) is 18.3 Å². The predicted molar refractivity (Wildman–Crippen MR) is 124 cm³/mol. The van der Waals surface area contributed by atoms with Crippen LogP contribution in [0.15, 0.2) is 77.7 Å². The van der Waals surface area contributed by atoms with Crippen LogP contribution in [0.25, 0.3) is 10.9 Å². The molecule has 2 N–H and O–H groups in total. The van der Waals surface area contributed by atoms with Crippen LogP contribution < -0.4 is 4.74 Å². The fourth-order valence-corrected chi connectivity index (χ4v) is 4.54. The highest BCUT2D eigenvalue weighted by molar-refractivity contribution is 7.99. The fraction of sp³-hybridized carbons (Fsp3) is 0.200. The Balaban J connectivity index is 1.67. The molecule has 1 heterocycles. The van der Waals surface area contributed by atoms with Crippen LogP contribution in [-0.2, 0) is 11.0 Å². The highest BCUT2D eigenvalue weighted by Crippen LogP contribution is 2.43. The first-order valence-electron chi connectivity index (χ1n) is 10.3. The summed E-state index contributed by atoms with van der Waals surface area (Å²) in [7, 11) is 0. The summed E-state index contributed by atoms with van der Waals surface area (Å²) in [5, 5.41) is 17.2. The van der Waals surface area contributed by atoms with Crippen molar-refractivity contribution in [3.8, 4) is 5.75 Å². The number of aromatic nitrogens is 2. The van der Waals surface area contributed by atoms with Gasteiger partial charge in [0, 0.05) is 10.3 Å². The number of hydrogen-bond donors (Lipinski definition) is 2. The van der Waals surface area contributed by atoms with Gasteiger partial charge in [0.05, 0.1) is 22.0 Å². The molecular formula is C25H21F3N2O3S. The van der Waals surface area contributed by atoms with Crippen LogP contribution in [0.3, 0.4) is 0 Å². The number of alkyl halides is 3. The van der Waals surface area contributed by atoms with E-state index in [0.29, 0.717) is 11.3 Å². The molecule has 176 valence electrons. The van der Waals surface area contributed by atoms with Crippen LogP contribution >= 0.6 is 11.8 Å². The first-order chi connectivity index (χ1) is 16.0. The lowest BCUT2D eigenvalue weighted by Gasteiger charge is -2.22. The molecule has 34 heavy (non-hydrogen) atoms. The fourth-order valence-electron chi connectivity index (χ4n) is 3.38. The quantitative estimate of drug-likeness (QED) is 0.284. The van der Waals surface area contributed by atoms with Crippen molar-refractivity contribution >= 4 is 28.6 Å². The first-order valence-corrected chi connectivity index (χ1v) is 11.2. The van der Waals surface area contributed by atoms with Gasteiger partial charge >= 0.3 is 12.1 Å². The summed E-state index contributed by atoms with van der Waals surface area (Å²) in [5.41, 5.74) is 0.116. The van der Waals surface area contributed by atoms with Gasteiger partial charge in [0.2, 0.25) is 0 Å². The molecule has 0 amide bonds. The van der Waals surface area contributed by atoms with Crippen LogP contribution in [0.1, 0.15) is 35.9 Å². The second-order valence-corrected chi connectivity index (χ2v) is 9.34. The van der Waals surface area contributed by atoms with Gasteiger partial charge < -0.3 is 9.84 Å². The number of rotatable bonds is 7. The van der Waals surface area contributed by atoms with E-state index in [-0.39, 0.29) is 5.25 Å². The Morgan fingerprint density at radius 1 is 1.00 bits per heavy atom. The van der Waals surface area contributed by atoms with Crippen molar-refractivity contribution in [1.29, 1.82) is 0 Å². The predicted octanol–water partition coefficient (Wildman–Crippen LogP) is 6.71. The standard InChI is InChI=1S/C25H21F3N2O3S/c1-24(2,23(31)32)33-17-11-13-18(14-12-17)34-22(15-7-9-16(10-8-15)25(26,27)28)21-19-5-3-4-6-20(19)29-30-21/h3-14,22H,1-2H3,(H,29,30)(H,31,32). The summed E-state index contributed by atoms with van der Waals surface area (Å²) in [4.78, 5) is 12.1. The van der Waals surface area contributed by atoms with Crippen molar-refractivity contribution in [1.82, 2.24) is 10.2 Å². The van der Waals surface area contributed by atoms with Crippen molar-refractivity contribution in [3.63, 3.8) is 0 Å². The van der Waals surface area contributed by atoms with E-state index < -0.39 is 23.3 Å². The highest BCUT2D eigenvalue weighted by atomic mass is 32.2. The Labute approximate surface area is 198 Å². The first kappa shape index (κ1) is 23.7. The van der Waals surface area contributed by atoms with Crippen molar-refractivity contribution in [3.05, 3.63) is 89.6 Å². The average molecular weight is 487 g/mol. The van der Waals surface area contributed by atoms with E-state index in [1.54, 1.807) is 24.3 Å². The molecule has 0 aliphatic rings. The second-order valence-electron chi connectivity index (χ2n) is 8.16. The molecule has 0 radical (unpaired) electrons. The molecule has 0 aliphatic carbocycles. The van der Waals surface area contributed by atoms with Crippen LogP contribution in [0.2, 0.25) is 0 Å². The number of hydrogen-bond acceptors (Lipinski definition) is 4. The Morgan fingerprint density at radius 2 is 1.65 bits per heavy atom. The molecular weight excluding hydrogens is 465 g/mol. The smallest absolute Gasteiger partial charge is 0.416 e. The van der Waals surface area contributed by atoms with Crippen molar-refractivity contribution < 1.29 is 27.8 Å². The number of para-hydroxylation sites is 1.